The summed E-state index contributed by atoms with van der Waals surface area (Å²) in [6.45, 7) is 3.46. The van der Waals surface area contributed by atoms with Crippen LogP contribution in [0.1, 0.15) is 0 Å². The molecule has 0 bridgehead atoms. The Morgan fingerprint density at radius 1 is 1.15 bits per heavy atom. The number of H-pyrrole nitrogens is 1. The summed E-state index contributed by atoms with van der Waals surface area (Å²) in [5.74, 6) is 0.847. The van der Waals surface area contributed by atoms with Gasteiger partial charge in [-0.05, 0) is 6.07 Å². The largest absolute Gasteiger partial charge is 0.360 e. The first kappa shape index (κ1) is 20.8. The molecular formula is C23H23N9OS. The van der Waals surface area contributed by atoms with Crippen LogP contribution in [0.4, 0.5) is 10.9 Å². The highest BCUT2D eigenvalue weighted by molar-refractivity contribution is 7.14. The number of rotatable bonds is 5. The van der Waals surface area contributed by atoms with Crippen molar-refractivity contribution in [2.24, 2.45) is 7.05 Å². The van der Waals surface area contributed by atoms with Gasteiger partial charge in [0.05, 0.1) is 23.8 Å². The molecule has 1 aliphatic heterocycles. The van der Waals surface area contributed by atoms with Gasteiger partial charge in [-0.3, -0.25) is 14.4 Å². The molecule has 1 aromatic carbocycles. The number of aromatic nitrogens is 6. The SMILES string of the molecule is Cn1ncc2c(N3CCN(CC(=O)Nc4nc(-c5c[nH]c6ccccc56)cs4)CC3)ncnc21. The third-order valence-corrected chi connectivity index (χ3v) is 6.92. The van der Waals surface area contributed by atoms with E-state index in [1.807, 2.05) is 43.0 Å². The third kappa shape index (κ3) is 3.78. The lowest BCUT2D eigenvalue weighted by molar-refractivity contribution is -0.117. The Labute approximate surface area is 199 Å². The van der Waals surface area contributed by atoms with Crippen LogP contribution in [0.3, 0.4) is 0 Å². The maximum Gasteiger partial charge on any atom is 0.240 e. The third-order valence-electron chi connectivity index (χ3n) is 6.16. The zero-order chi connectivity index (χ0) is 23.1. The highest BCUT2D eigenvalue weighted by Crippen LogP contribution is 2.31. The molecule has 4 aromatic heterocycles. The summed E-state index contributed by atoms with van der Waals surface area (Å²) in [5, 5.41) is 11.9. The summed E-state index contributed by atoms with van der Waals surface area (Å²) in [4.78, 5) is 33.8. The number of carbonyl (C=O) groups is 1. The summed E-state index contributed by atoms with van der Waals surface area (Å²) < 4.78 is 1.75. The second-order valence-corrected chi connectivity index (χ2v) is 9.16. The molecule has 6 rings (SSSR count). The van der Waals surface area contributed by atoms with Crippen LogP contribution in [0.5, 0.6) is 0 Å². The van der Waals surface area contributed by atoms with Crippen LogP contribution in [0.25, 0.3) is 33.2 Å². The molecule has 172 valence electrons. The van der Waals surface area contributed by atoms with Crippen molar-refractivity contribution < 1.29 is 4.79 Å². The molecule has 11 heteroatoms. The van der Waals surface area contributed by atoms with Gasteiger partial charge in [-0.25, -0.2) is 15.0 Å². The molecule has 0 atom stereocenters. The standard InChI is InChI=1S/C23H23N9OS/c1-30-21-17(11-27-30)22(26-14-25-21)32-8-6-31(7-9-32)12-20(33)29-23-28-19(13-34-23)16-10-24-18-5-3-2-4-15(16)18/h2-5,10-11,13-14,24H,6-9,12H2,1H3,(H,28,29,33). The Kier molecular flexibility index (Phi) is 5.19. The van der Waals surface area contributed by atoms with E-state index in [1.165, 1.54) is 11.3 Å². The van der Waals surface area contributed by atoms with E-state index in [1.54, 1.807) is 11.0 Å². The molecule has 34 heavy (non-hydrogen) atoms. The lowest BCUT2D eigenvalue weighted by Crippen LogP contribution is -2.49. The van der Waals surface area contributed by atoms with Crippen molar-refractivity contribution >= 4 is 50.1 Å². The summed E-state index contributed by atoms with van der Waals surface area (Å²) in [5.41, 5.74) is 3.79. The number of piperazine rings is 1. The Balaban J connectivity index is 1.07. The van der Waals surface area contributed by atoms with Crippen molar-refractivity contribution in [1.82, 2.24) is 34.6 Å². The molecule has 5 aromatic rings. The van der Waals surface area contributed by atoms with Gasteiger partial charge >= 0.3 is 0 Å². The van der Waals surface area contributed by atoms with Crippen LogP contribution in [0, 0.1) is 0 Å². The van der Waals surface area contributed by atoms with Crippen LogP contribution >= 0.6 is 11.3 Å². The number of hydrogen-bond acceptors (Lipinski definition) is 8. The van der Waals surface area contributed by atoms with E-state index in [2.05, 4.69) is 46.2 Å². The van der Waals surface area contributed by atoms with Gasteiger partial charge in [0.2, 0.25) is 5.91 Å². The van der Waals surface area contributed by atoms with Crippen molar-refractivity contribution in [2.45, 2.75) is 0 Å². The molecule has 1 aliphatic rings. The predicted molar refractivity (Wildman–Crippen MR) is 133 cm³/mol. The molecule has 1 saturated heterocycles. The van der Waals surface area contributed by atoms with Crippen LogP contribution in [-0.4, -0.2) is 73.2 Å². The summed E-state index contributed by atoms with van der Waals surface area (Å²) in [6, 6.07) is 8.12. The van der Waals surface area contributed by atoms with Gasteiger partial charge in [-0.1, -0.05) is 18.2 Å². The maximum absolute atomic E-state index is 12.7. The van der Waals surface area contributed by atoms with Gasteiger partial charge in [0.25, 0.3) is 0 Å². The van der Waals surface area contributed by atoms with E-state index >= 15 is 0 Å². The van der Waals surface area contributed by atoms with Crippen molar-refractivity contribution in [2.75, 3.05) is 42.9 Å². The van der Waals surface area contributed by atoms with E-state index < -0.39 is 0 Å². The second kappa shape index (κ2) is 8.50. The fourth-order valence-electron chi connectivity index (χ4n) is 4.42. The zero-order valence-electron chi connectivity index (χ0n) is 18.6. The van der Waals surface area contributed by atoms with Gasteiger partial charge in [0.1, 0.15) is 12.1 Å². The monoisotopic (exact) mass is 473 g/mol. The second-order valence-electron chi connectivity index (χ2n) is 8.30. The van der Waals surface area contributed by atoms with Crippen LogP contribution in [0.15, 0.2) is 48.4 Å². The number of aromatic amines is 1. The topological polar surface area (TPSA) is 108 Å². The Morgan fingerprint density at radius 3 is 2.88 bits per heavy atom. The van der Waals surface area contributed by atoms with Crippen molar-refractivity contribution in [3.8, 4) is 11.3 Å². The number of anilines is 2. The average molecular weight is 474 g/mol. The van der Waals surface area contributed by atoms with E-state index in [0.717, 1.165) is 65.2 Å². The number of para-hydroxylation sites is 1. The molecule has 0 saturated carbocycles. The molecule has 0 spiro atoms. The van der Waals surface area contributed by atoms with Crippen LogP contribution in [-0.2, 0) is 11.8 Å². The van der Waals surface area contributed by atoms with Crippen LogP contribution < -0.4 is 10.2 Å². The highest BCUT2D eigenvalue weighted by atomic mass is 32.1. The van der Waals surface area contributed by atoms with E-state index in [9.17, 15) is 4.79 Å². The first-order chi connectivity index (χ1) is 16.7. The van der Waals surface area contributed by atoms with E-state index in [0.29, 0.717) is 11.7 Å². The van der Waals surface area contributed by atoms with E-state index in [-0.39, 0.29) is 5.91 Å². The molecule has 0 aliphatic carbocycles. The number of hydrogen-bond donors (Lipinski definition) is 2. The normalized spacial score (nSPS) is 14.8. The van der Waals surface area contributed by atoms with Crippen molar-refractivity contribution in [1.29, 1.82) is 0 Å². The lowest BCUT2D eigenvalue weighted by atomic mass is 10.1. The Bertz CT molecular complexity index is 1480. The minimum absolute atomic E-state index is 0.0510. The van der Waals surface area contributed by atoms with Gasteiger partial charge < -0.3 is 15.2 Å². The highest BCUT2D eigenvalue weighted by Gasteiger charge is 2.22. The molecule has 10 nitrogen and oxygen atoms in total. The van der Waals surface area contributed by atoms with Crippen LogP contribution in [0.2, 0.25) is 0 Å². The zero-order valence-corrected chi connectivity index (χ0v) is 19.4. The first-order valence-corrected chi connectivity index (χ1v) is 12.0. The molecular weight excluding hydrogens is 450 g/mol. The number of benzene rings is 1. The fourth-order valence-corrected chi connectivity index (χ4v) is 5.15. The summed E-state index contributed by atoms with van der Waals surface area (Å²) in [7, 11) is 1.88. The maximum atomic E-state index is 12.7. The van der Waals surface area contributed by atoms with Gasteiger partial charge in [-0.15, -0.1) is 11.3 Å². The smallest absolute Gasteiger partial charge is 0.240 e. The minimum atomic E-state index is -0.0510. The van der Waals surface area contributed by atoms with Crippen molar-refractivity contribution in [3.63, 3.8) is 0 Å². The number of fused-ring (bicyclic) bond motifs is 2. The molecule has 0 unspecified atom stereocenters. The number of carbonyl (C=O) groups excluding carboxylic acids is 1. The van der Waals surface area contributed by atoms with Gasteiger partial charge in [0.15, 0.2) is 10.8 Å². The quantitative estimate of drug-likeness (QED) is 0.404. The number of nitrogens with one attached hydrogen (secondary N) is 2. The first-order valence-electron chi connectivity index (χ1n) is 11.1. The summed E-state index contributed by atoms with van der Waals surface area (Å²) >= 11 is 1.44. The lowest BCUT2D eigenvalue weighted by Gasteiger charge is -2.35. The molecule has 1 fully saturated rings. The minimum Gasteiger partial charge on any atom is -0.360 e. The number of amides is 1. The number of thiazole rings is 1. The molecule has 0 radical (unpaired) electrons. The average Bonchev–Trinajstić information content (AvgIpc) is 3.58. The Hall–Kier alpha value is -3.83. The van der Waals surface area contributed by atoms with Gasteiger partial charge in [0, 0.05) is 61.3 Å². The molecule has 5 heterocycles. The fraction of sp³-hybridized carbons (Fsp3) is 0.261. The van der Waals surface area contributed by atoms with E-state index in [4.69, 9.17) is 0 Å². The summed E-state index contributed by atoms with van der Waals surface area (Å²) in [6.07, 6.45) is 5.35. The van der Waals surface area contributed by atoms with Gasteiger partial charge in [-0.2, -0.15) is 5.10 Å². The number of aryl methyl sites for hydroxylation is 1. The Morgan fingerprint density at radius 2 is 2.00 bits per heavy atom. The predicted octanol–water partition coefficient (Wildman–Crippen LogP) is 2.73. The molecule has 1 amide bonds. The number of nitrogens with zero attached hydrogens (tertiary/aromatic N) is 7. The van der Waals surface area contributed by atoms with Crippen molar-refractivity contribution in [3.05, 3.63) is 48.4 Å². The molecule has 2 N–H and O–H groups in total.